The van der Waals surface area contributed by atoms with Gasteiger partial charge >= 0.3 is 5.97 Å². The molecule has 0 heterocycles. The fourth-order valence-corrected chi connectivity index (χ4v) is 4.10. The molecule has 206 valence electrons. The Kier molecular flexibility index (Phi) is 11.5. The summed E-state index contributed by atoms with van der Waals surface area (Å²) in [5.41, 5.74) is 7.15. The zero-order chi connectivity index (χ0) is 28.4. The van der Waals surface area contributed by atoms with Crippen LogP contribution in [0, 0.1) is 11.8 Å². The van der Waals surface area contributed by atoms with Gasteiger partial charge in [0.25, 0.3) is 0 Å². The topological polar surface area (TPSA) is 142 Å². The van der Waals surface area contributed by atoms with Gasteiger partial charge in [-0.2, -0.15) is 0 Å². The first-order valence-electron chi connectivity index (χ1n) is 13.0. The summed E-state index contributed by atoms with van der Waals surface area (Å²) < 4.78 is 0. The van der Waals surface area contributed by atoms with E-state index in [0.717, 1.165) is 5.56 Å². The Balaban J connectivity index is 2.33. The number of nitrogens with zero attached hydrogens (tertiary/aromatic N) is 1. The first kappa shape index (κ1) is 30.5. The number of hydrogen-bond donors (Lipinski definition) is 4. The third kappa shape index (κ3) is 8.41. The molecule has 0 fully saturated rings. The molecular formula is C29H40N4O5. The molecular weight excluding hydrogens is 484 g/mol. The lowest BCUT2D eigenvalue weighted by Gasteiger charge is -2.32. The third-order valence-corrected chi connectivity index (χ3v) is 6.69. The number of nitrogens with two attached hydrogens (primary N) is 1. The molecule has 0 saturated carbocycles. The largest absolute Gasteiger partial charge is 0.478 e. The molecule has 4 atom stereocenters. The molecule has 3 amide bonds. The van der Waals surface area contributed by atoms with Gasteiger partial charge in [-0.15, -0.1) is 0 Å². The molecule has 4 unspecified atom stereocenters. The number of amides is 3. The molecule has 2 aromatic carbocycles. The van der Waals surface area contributed by atoms with E-state index in [4.69, 9.17) is 5.73 Å². The van der Waals surface area contributed by atoms with Crippen molar-refractivity contribution in [1.82, 2.24) is 10.2 Å². The van der Waals surface area contributed by atoms with Crippen LogP contribution in [0.4, 0.5) is 5.69 Å². The number of rotatable bonds is 13. The second-order valence-electron chi connectivity index (χ2n) is 10.1. The molecule has 0 saturated heterocycles. The zero-order valence-electron chi connectivity index (χ0n) is 22.8. The van der Waals surface area contributed by atoms with Gasteiger partial charge in [-0.1, -0.05) is 76.6 Å². The highest BCUT2D eigenvalue weighted by Crippen LogP contribution is 2.18. The van der Waals surface area contributed by atoms with Crippen LogP contribution in [0.1, 0.15) is 56.5 Å². The number of likely N-dealkylation sites (N-methyl/N-ethyl adjacent to an activating group) is 1. The Hall–Kier alpha value is -3.72. The number of para-hydroxylation sites is 1. The van der Waals surface area contributed by atoms with E-state index in [2.05, 4.69) is 10.6 Å². The summed E-state index contributed by atoms with van der Waals surface area (Å²) in [5.74, 6) is -2.58. The van der Waals surface area contributed by atoms with Crippen LogP contribution in [0.15, 0.2) is 54.6 Å². The van der Waals surface area contributed by atoms with Crippen molar-refractivity contribution in [3.63, 3.8) is 0 Å². The predicted octanol–water partition coefficient (Wildman–Crippen LogP) is 3.30. The molecule has 2 aromatic rings. The summed E-state index contributed by atoms with van der Waals surface area (Å²) in [4.78, 5) is 53.1. The van der Waals surface area contributed by atoms with E-state index in [-0.39, 0.29) is 35.4 Å². The van der Waals surface area contributed by atoms with Crippen molar-refractivity contribution in [2.75, 3.05) is 12.4 Å². The summed E-state index contributed by atoms with van der Waals surface area (Å²) in [6.07, 6.45) is 1.26. The van der Waals surface area contributed by atoms with Crippen LogP contribution in [0.2, 0.25) is 0 Å². The van der Waals surface area contributed by atoms with Crippen molar-refractivity contribution in [3.8, 4) is 0 Å². The van der Waals surface area contributed by atoms with Crippen molar-refractivity contribution >= 4 is 29.4 Å². The van der Waals surface area contributed by atoms with E-state index in [1.54, 1.807) is 19.2 Å². The van der Waals surface area contributed by atoms with E-state index in [1.165, 1.54) is 17.0 Å². The molecule has 0 spiro atoms. The number of nitrogens with one attached hydrogen (secondary N) is 2. The minimum atomic E-state index is -1.17. The smallest absolute Gasteiger partial charge is 0.337 e. The zero-order valence-corrected chi connectivity index (χ0v) is 22.8. The van der Waals surface area contributed by atoms with Crippen LogP contribution in [0.3, 0.4) is 0 Å². The first-order valence-corrected chi connectivity index (χ1v) is 13.0. The average Bonchev–Trinajstić information content (AvgIpc) is 2.90. The molecule has 0 radical (unpaired) electrons. The Labute approximate surface area is 224 Å². The Bertz CT molecular complexity index is 1110. The molecule has 2 rings (SSSR count). The van der Waals surface area contributed by atoms with Gasteiger partial charge in [0.1, 0.15) is 12.1 Å². The van der Waals surface area contributed by atoms with E-state index < -0.39 is 35.9 Å². The summed E-state index contributed by atoms with van der Waals surface area (Å²) in [7, 11) is 1.55. The van der Waals surface area contributed by atoms with Crippen LogP contribution in [-0.4, -0.2) is 58.9 Å². The molecule has 5 N–H and O–H groups in total. The average molecular weight is 525 g/mol. The standard InChI is InChI=1S/C29H40N4O5/c1-6-19(4)25(30)28(36)33(5)24(17-20-12-8-7-9-13-20)27(35)32-23(16-18(2)3)26(34)31-22-15-11-10-14-21(22)29(37)38/h7-15,18-19,23-25H,6,16-17,30H2,1-5H3,(H,31,34)(H,32,35)(H,37,38). The minimum absolute atomic E-state index is 0.0477. The van der Waals surface area contributed by atoms with E-state index in [9.17, 15) is 24.3 Å². The summed E-state index contributed by atoms with van der Waals surface area (Å²) >= 11 is 0. The highest BCUT2D eigenvalue weighted by atomic mass is 16.4. The van der Waals surface area contributed by atoms with Crippen molar-refractivity contribution < 1.29 is 24.3 Å². The maximum atomic E-state index is 13.7. The number of benzene rings is 2. The van der Waals surface area contributed by atoms with Crippen molar-refractivity contribution in [2.24, 2.45) is 17.6 Å². The molecule has 0 aliphatic carbocycles. The number of aromatic carboxylic acids is 1. The van der Waals surface area contributed by atoms with Gasteiger partial charge in [0, 0.05) is 13.5 Å². The number of carbonyl (C=O) groups is 4. The lowest BCUT2D eigenvalue weighted by Crippen LogP contribution is -2.57. The van der Waals surface area contributed by atoms with Crippen molar-refractivity contribution in [3.05, 3.63) is 65.7 Å². The van der Waals surface area contributed by atoms with Gasteiger partial charge in [0.2, 0.25) is 17.7 Å². The van der Waals surface area contributed by atoms with Crippen LogP contribution in [-0.2, 0) is 20.8 Å². The lowest BCUT2D eigenvalue weighted by molar-refractivity contribution is -0.141. The quantitative estimate of drug-likeness (QED) is 0.317. The summed E-state index contributed by atoms with van der Waals surface area (Å²) in [6.45, 7) is 7.67. The van der Waals surface area contributed by atoms with Crippen LogP contribution >= 0.6 is 0 Å². The highest BCUT2D eigenvalue weighted by molar-refractivity contribution is 6.03. The van der Waals surface area contributed by atoms with Gasteiger partial charge in [-0.05, 0) is 36.0 Å². The van der Waals surface area contributed by atoms with E-state index >= 15 is 0 Å². The van der Waals surface area contributed by atoms with Gasteiger partial charge in [-0.25, -0.2) is 4.79 Å². The lowest BCUT2D eigenvalue weighted by atomic mass is 9.96. The SMILES string of the molecule is CCC(C)C(N)C(=O)N(C)C(Cc1ccccc1)C(=O)NC(CC(C)C)C(=O)Nc1ccccc1C(=O)O. The summed E-state index contributed by atoms with van der Waals surface area (Å²) in [5, 5.41) is 14.9. The number of carboxylic acids is 1. The van der Waals surface area contributed by atoms with Gasteiger partial charge in [0.05, 0.1) is 17.3 Å². The highest BCUT2D eigenvalue weighted by Gasteiger charge is 2.34. The van der Waals surface area contributed by atoms with Crippen LogP contribution in [0.5, 0.6) is 0 Å². The van der Waals surface area contributed by atoms with Crippen LogP contribution in [0.25, 0.3) is 0 Å². The molecule has 9 heteroatoms. The van der Waals surface area contributed by atoms with E-state index in [0.29, 0.717) is 12.8 Å². The number of anilines is 1. The first-order chi connectivity index (χ1) is 18.0. The fraction of sp³-hybridized carbons (Fsp3) is 0.448. The monoisotopic (exact) mass is 524 g/mol. The minimum Gasteiger partial charge on any atom is -0.478 e. The molecule has 0 bridgehead atoms. The van der Waals surface area contributed by atoms with E-state index in [1.807, 2.05) is 58.0 Å². The van der Waals surface area contributed by atoms with Gasteiger partial charge in [0.15, 0.2) is 0 Å². The Morgan fingerprint density at radius 2 is 1.55 bits per heavy atom. The summed E-state index contributed by atoms with van der Waals surface area (Å²) in [6, 6.07) is 12.8. The van der Waals surface area contributed by atoms with Gasteiger partial charge in [-0.3, -0.25) is 14.4 Å². The van der Waals surface area contributed by atoms with Gasteiger partial charge < -0.3 is 26.4 Å². The second kappa shape index (κ2) is 14.3. The number of carbonyl (C=O) groups excluding carboxylic acids is 3. The molecule has 38 heavy (non-hydrogen) atoms. The van der Waals surface area contributed by atoms with Crippen molar-refractivity contribution in [2.45, 2.75) is 65.1 Å². The molecule has 9 nitrogen and oxygen atoms in total. The molecule has 0 aliphatic heterocycles. The number of carboxylic acid groups (broad SMARTS) is 1. The Morgan fingerprint density at radius 1 is 0.947 bits per heavy atom. The van der Waals surface area contributed by atoms with Crippen LogP contribution < -0.4 is 16.4 Å². The fourth-order valence-electron chi connectivity index (χ4n) is 4.10. The maximum Gasteiger partial charge on any atom is 0.337 e. The van der Waals surface area contributed by atoms with Crippen molar-refractivity contribution in [1.29, 1.82) is 0 Å². The molecule has 0 aliphatic rings. The Morgan fingerprint density at radius 3 is 2.13 bits per heavy atom. The predicted molar refractivity (Wildman–Crippen MR) is 148 cm³/mol. The number of hydrogen-bond acceptors (Lipinski definition) is 5. The third-order valence-electron chi connectivity index (χ3n) is 6.69. The maximum absolute atomic E-state index is 13.7. The second-order valence-corrected chi connectivity index (χ2v) is 10.1. The normalized spacial score (nSPS) is 14.2. The molecule has 0 aromatic heterocycles.